The lowest BCUT2D eigenvalue weighted by atomic mass is 10.0. The molecule has 0 spiro atoms. The van der Waals surface area contributed by atoms with Gasteiger partial charge in [-0.25, -0.2) is 9.37 Å². The van der Waals surface area contributed by atoms with Crippen molar-refractivity contribution in [1.82, 2.24) is 10.3 Å². The van der Waals surface area contributed by atoms with Crippen molar-refractivity contribution in [3.63, 3.8) is 0 Å². The van der Waals surface area contributed by atoms with Crippen LogP contribution in [0.25, 0.3) is 22.2 Å². The van der Waals surface area contributed by atoms with E-state index in [4.69, 9.17) is 0 Å². The summed E-state index contributed by atoms with van der Waals surface area (Å²) < 4.78 is 13.2. The zero-order valence-corrected chi connectivity index (χ0v) is 14.9. The highest BCUT2D eigenvalue weighted by molar-refractivity contribution is 6.07. The normalized spacial score (nSPS) is 19.3. The van der Waals surface area contributed by atoms with E-state index in [-0.39, 0.29) is 23.7 Å². The molecule has 1 aliphatic carbocycles. The third kappa shape index (κ3) is 3.69. The molecule has 1 saturated carbocycles. The zero-order valence-electron chi connectivity index (χ0n) is 14.9. The molecule has 4 rings (SSSR count). The topological polar surface area (TPSA) is 62.2 Å². The summed E-state index contributed by atoms with van der Waals surface area (Å²) in [6, 6.07) is 15.3. The van der Waals surface area contributed by atoms with Crippen molar-refractivity contribution < 1.29 is 14.3 Å². The summed E-state index contributed by atoms with van der Waals surface area (Å²) in [5.74, 6) is -0.387. The molecule has 0 aliphatic heterocycles. The standard InChI is InChI=1S/C22H21FN2O2/c23-16-10-8-14(9-11-16)20-12-18(17-5-1-2-6-19(17)25-20)22(27)24-13-15-4-3-7-21(15)26/h1-2,5-6,8-12,15,21,26H,3-4,7,13H2,(H,24,27). The first-order chi connectivity index (χ1) is 13.1. The number of carbonyl (C=O) groups excluding carboxylic acids is 1. The molecule has 2 N–H and O–H groups in total. The predicted molar refractivity (Wildman–Crippen MR) is 103 cm³/mol. The lowest BCUT2D eigenvalue weighted by Crippen LogP contribution is -2.32. The molecular weight excluding hydrogens is 343 g/mol. The molecule has 5 heteroatoms. The van der Waals surface area contributed by atoms with Crippen LogP contribution in [0.4, 0.5) is 4.39 Å². The molecule has 1 aliphatic rings. The highest BCUT2D eigenvalue weighted by Crippen LogP contribution is 2.27. The second-order valence-corrected chi connectivity index (χ2v) is 7.05. The van der Waals surface area contributed by atoms with Gasteiger partial charge in [-0.2, -0.15) is 0 Å². The van der Waals surface area contributed by atoms with Crippen molar-refractivity contribution in [2.75, 3.05) is 6.54 Å². The third-order valence-electron chi connectivity index (χ3n) is 5.24. The van der Waals surface area contributed by atoms with Gasteiger partial charge in [0.15, 0.2) is 0 Å². The first kappa shape index (κ1) is 17.6. The first-order valence-electron chi connectivity index (χ1n) is 9.24. The molecule has 1 fully saturated rings. The van der Waals surface area contributed by atoms with Crippen LogP contribution in [0, 0.1) is 11.7 Å². The van der Waals surface area contributed by atoms with Gasteiger partial charge in [0.1, 0.15) is 5.82 Å². The van der Waals surface area contributed by atoms with Gasteiger partial charge in [-0.15, -0.1) is 0 Å². The Morgan fingerprint density at radius 2 is 1.93 bits per heavy atom. The number of pyridine rings is 1. The highest BCUT2D eigenvalue weighted by atomic mass is 19.1. The molecule has 27 heavy (non-hydrogen) atoms. The molecule has 1 heterocycles. The highest BCUT2D eigenvalue weighted by Gasteiger charge is 2.25. The minimum Gasteiger partial charge on any atom is -0.393 e. The Hall–Kier alpha value is -2.79. The molecule has 0 bridgehead atoms. The Balaban J connectivity index is 1.67. The lowest BCUT2D eigenvalue weighted by molar-refractivity contribution is 0.0918. The predicted octanol–water partition coefficient (Wildman–Crippen LogP) is 3.93. The molecule has 2 aromatic carbocycles. The Kier molecular flexibility index (Phi) is 4.86. The molecule has 2 unspecified atom stereocenters. The van der Waals surface area contributed by atoms with Crippen molar-refractivity contribution in [1.29, 1.82) is 0 Å². The second kappa shape index (κ2) is 7.45. The number of halogens is 1. The average molecular weight is 364 g/mol. The number of aromatic nitrogens is 1. The summed E-state index contributed by atoms with van der Waals surface area (Å²) in [6.45, 7) is 0.461. The van der Waals surface area contributed by atoms with Crippen molar-refractivity contribution in [2.45, 2.75) is 25.4 Å². The number of aliphatic hydroxyl groups excluding tert-OH is 1. The maximum absolute atomic E-state index is 13.2. The molecular formula is C22H21FN2O2. The molecule has 1 amide bonds. The summed E-state index contributed by atoms with van der Waals surface area (Å²) in [5.41, 5.74) is 2.62. The Morgan fingerprint density at radius 3 is 2.67 bits per heavy atom. The number of hydrogen-bond acceptors (Lipinski definition) is 3. The van der Waals surface area contributed by atoms with Crippen LogP contribution in [-0.2, 0) is 0 Å². The van der Waals surface area contributed by atoms with Gasteiger partial charge in [0.25, 0.3) is 5.91 Å². The summed E-state index contributed by atoms with van der Waals surface area (Å²) in [6.07, 6.45) is 2.38. The quantitative estimate of drug-likeness (QED) is 0.737. The molecule has 138 valence electrons. The van der Waals surface area contributed by atoms with Gasteiger partial charge in [0.05, 0.1) is 22.9 Å². The number of hydrogen-bond donors (Lipinski definition) is 2. The van der Waals surface area contributed by atoms with E-state index in [1.807, 2.05) is 24.3 Å². The van der Waals surface area contributed by atoms with E-state index >= 15 is 0 Å². The first-order valence-corrected chi connectivity index (χ1v) is 9.24. The monoisotopic (exact) mass is 364 g/mol. The van der Waals surface area contributed by atoms with Crippen LogP contribution in [-0.4, -0.2) is 28.6 Å². The fraction of sp³-hybridized carbons (Fsp3) is 0.273. The number of nitrogens with zero attached hydrogens (tertiary/aromatic N) is 1. The van der Waals surface area contributed by atoms with Crippen LogP contribution < -0.4 is 5.32 Å². The van der Waals surface area contributed by atoms with Gasteiger partial charge < -0.3 is 10.4 Å². The lowest BCUT2D eigenvalue weighted by Gasteiger charge is -2.16. The van der Waals surface area contributed by atoms with Crippen LogP contribution in [0.5, 0.6) is 0 Å². The van der Waals surface area contributed by atoms with E-state index < -0.39 is 0 Å². The molecule has 4 nitrogen and oxygen atoms in total. The van der Waals surface area contributed by atoms with Crippen molar-refractivity contribution in [2.24, 2.45) is 5.92 Å². The van der Waals surface area contributed by atoms with Crippen LogP contribution in [0.1, 0.15) is 29.6 Å². The molecule has 3 aromatic rings. The van der Waals surface area contributed by atoms with Gasteiger partial charge in [0.2, 0.25) is 0 Å². The zero-order chi connectivity index (χ0) is 18.8. The van der Waals surface area contributed by atoms with E-state index in [2.05, 4.69) is 10.3 Å². The third-order valence-corrected chi connectivity index (χ3v) is 5.24. The van der Waals surface area contributed by atoms with Crippen molar-refractivity contribution >= 4 is 16.8 Å². The summed E-state index contributed by atoms with van der Waals surface area (Å²) in [5, 5.41) is 13.7. The minimum atomic E-state index is -0.339. The van der Waals surface area contributed by atoms with E-state index in [1.54, 1.807) is 18.2 Å². The second-order valence-electron chi connectivity index (χ2n) is 7.05. The number of amides is 1. The Bertz CT molecular complexity index is 972. The number of benzene rings is 2. The van der Waals surface area contributed by atoms with Crippen LogP contribution >= 0.6 is 0 Å². The van der Waals surface area contributed by atoms with Crippen molar-refractivity contribution in [3.05, 3.63) is 66.0 Å². The van der Waals surface area contributed by atoms with E-state index in [0.717, 1.165) is 30.2 Å². The van der Waals surface area contributed by atoms with Crippen LogP contribution in [0.15, 0.2) is 54.6 Å². The van der Waals surface area contributed by atoms with Gasteiger partial charge in [-0.3, -0.25) is 4.79 Å². The summed E-state index contributed by atoms with van der Waals surface area (Å²) in [7, 11) is 0. The van der Waals surface area contributed by atoms with Crippen molar-refractivity contribution in [3.8, 4) is 11.3 Å². The van der Waals surface area contributed by atoms with Crippen LogP contribution in [0.2, 0.25) is 0 Å². The SMILES string of the molecule is O=C(NCC1CCCC1O)c1cc(-c2ccc(F)cc2)nc2ccccc12. The number of para-hydroxylation sites is 1. The fourth-order valence-electron chi connectivity index (χ4n) is 3.71. The maximum Gasteiger partial charge on any atom is 0.252 e. The number of rotatable bonds is 4. The Morgan fingerprint density at radius 1 is 1.15 bits per heavy atom. The van der Waals surface area contributed by atoms with Gasteiger partial charge in [0, 0.05) is 23.4 Å². The van der Waals surface area contributed by atoms with Gasteiger partial charge in [-0.05, 0) is 49.2 Å². The van der Waals surface area contributed by atoms with E-state index in [0.29, 0.717) is 23.3 Å². The largest absolute Gasteiger partial charge is 0.393 e. The molecule has 2 atom stereocenters. The molecule has 1 aromatic heterocycles. The number of aliphatic hydroxyl groups is 1. The number of nitrogens with one attached hydrogen (secondary N) is 1. The summed E-state index contributed by atoms with van der Waals surface area (Å²) >= 11 is 0. The number of fused-ring (bicyclic) bond motifs is 1. The summed E-state index contributed by atoms with van der Waals surface area (Å²) in [4.78, 5) is 17.5. The van der Waals surface area contributed by atoms with Gasteiger partial charge in [-0.1, -0.05) is 24.6 Å². The van der Waals surface area contributed by atoms with E-state index in [1.165, 1.54) is 12.1 Å². The average Bonchev–Trinajstić information content (AvgIpc) is 3.10. The smallest absolute Gasteiger partial charge is 0.252 e. The fourth-order valence-corrected chi connectivity index (χ4v) is 3.71. The van der Waals surface area contributed by atoms with E-state index in [9.17, 15) is 14.3 Å². The molecule has 0 saturated heterocycles. The van der Waals surface area contributed by atoms with Crippen LogP contribution in [0.3, 0.4) is 0 Å². The Labute approximate surface area is 157 Å². The number of carbonyl (C=O) groups is 1. The minimum absolute atomic E-state index is 0.110. The molecule has 0 radical (unpaired) electrons. The van der Waals surface area contributed by atoms with Gasteiger partial charge >= 0.3 is 0 Å². The maximum atomic E-state index is 13.2.